The summed E-state index contributed by atoms with van der Waals surface area (Å²) in [5.41, 5.74) is 2.10. The maximum Gasteiger partial charge on any atom is 0.340 e. The number of halogens is 1. The Kier molecular flexibility index (Phi) is 7.15. The zero-order valence-corrected chi connectivity index (χ0v) is 18.2. The van der Waals surface area contributed by atoms with Crippen LogP contribution in [0.5, 0.6) is 5.75 Å². The summed E-state index contributed by atoms with van der Waals surface area (Å²) in [5, 5.41) is 13.8. The van der Waals surface area contributed by atoms with Gasteiger partial charge >= 0.3 is 5.63 Å². The molecule has 2 N–H and O–H groups in total. The van der Waals surface area contributed by atoms with E-state index in [0.29, 0.717) is 39.5 Å². The van der Waals surface area contributed by atoms with E-state index >= 15 is 0 Å². The molecule has 1 atom stereocenters. The average molecular weight is 442 g/mol. The van der Waals surface area contributed by atoms with Gasteiger partial charge in [0.05, 0.1) is 23.1 Å². The number of hydrogen-bond acceptors (Lipinski definition) is 5. The van der Waals surface area contributed by atoms with E-state index in [1.165, 1.54) is 0 Å². The lowest BCUT2D eigenvalue weighted by Gasteiger charge is -2.13. The molecule has 3 aromatic rings. The van der Waals surface area contributed by atoms with Gasteiger partial charge in [0, 0.05) is 18.0 Å². The van der Waals surface area contributed by atoms with Gasteiger partial charge in [0.25, 0.3) is 0 Å². The molecule has 31 heavy (non-hydrogen) atoms. The molecule has 7 heteroatoms. The van der Waals surface area contributed by atoms with Crippen LogP contribution in [0, 0.1) is 6.92 Å². The van der Waals surface area contributed by atoms with Crippen LogP contribution >= 0.6 is 11.6 Å². The molecule has 0 aliphatic rings. The lowest BCUT2D eigenvalue weighted by atomic mass is 10.0. The molecule has 0 unspecified atom stereocenters. The van der Waals surface area contributed by atoms with Crippen molar-refractivity contribution in [1.82, 2.24) is 5.32 Å². The number of aliphatic hydroxyl groups excluding tert-OH is 1. The van der Waals surface area contributed by atoms with Crippen LogP contribution in [0.1, 0.15) is 29.7 Å². The number of ether oxygens (including phenoxy) is 1. The van der Waals surface area contributed by atoms with Crippen molar-refractivity contribution in [1.29, 1.82) is 0 Å². The third-order valence-corrected chi connectivity index (χ3v) is 5.12. The molecule has 0 aliphatic heterocycles. The molecular formula is C24H24ClNO5. The first-order valence-corrected chi connectivity index (χ1v) is 10.2. The molecule has 1 amide bonds. The number of amides is 1. The van der Waals surface area contributed by atoms with Gasteiger partial charge in [-0.25, -0.2) is 4.79 Å². The van der Waals surface area contributed by atoms with Crippen molar-refractivity contribution in [2.24, 2.45) is 0 Å². The second kappa shape index (κ2) is 9.81. The van der Waals surface area contributed by atoms with Gasteiger partial charge < -0.3 is 19.6 Å². The van der Waals surface area contributed by atoms with Crippen molar-refractivity contribution in [3.63, 3.8) is 0 Å². The van der Waals surface area contributed by atoms with E-state index in [9.17, 15) is 14.7 Å². The van der Waals surface area contributed by atoms with Crippen molar-refractivity contribution in [2.75, 3.05) is 13.2 Å². The molecule has 0 aliphatic carbocycles. The molecule has 0 saturated carbocycles. The molecule has 2 aromatic carbocycles. The topological polar surface area (TPSA) is 88.8 Å². The highest BCUT2D eigenvalue weighted by molar-refractivity contribution is 6.32. The fourth-order valence-electron chi connectivity index (χ4n) is 3.13. The first kappa shape index (κ1) is 22.6. The van der Waals surface area contributed by atoms with Crippen LogP contribution in [-0.4, -0.2) is 24.2 Å². The Balaban J connectivity index is 1.77. The zero-order chi connectivity index (χ0) is 22.5. The molecular weight excluding hydrogens is 418 g/mol. The van der Waals surface area contributed by atoms with E-state index in [0.717, 1.165) is 5.57 Å². The average Bonchev–Trinajstić information content (AvgIpc) is 2.74. The van der Waals surface area contributed by atoms with Gasteiger partial charge in [0.1, 0.15) is 17.9 Å². The van der Waals surface area contributed by atoms with Crippen molar-refractivity contribution in [2.45, 2.75) is 26.4 Å². The SMILES string of the molecule is C=C(C)COc1cc2oc(=O)c(CC(=O)NC[C@@H](O)c3ccccc3)c(C)c2cc1Cl. The molecule has 0 bridgehead atoms. The predicted molar refractivity (Wildman–Crippen MR) is 121 cm³/mol. The van der Waals surface area contributed by atoms with Crippen molar-refractivity contribution in [3.05, 3.63) is 86.7 Å². The summed E-state index contributed by atoms with van der Waals surface area (Å²) < 4.78 is 11.0. The molecule has 162 valence electrons. The molecule has 0 spiro atoms. The molecule has 3 rings (SSSR count). The molecule has 0 fully saturated rings. The van der Waals surface area contributed by atoms with E-state index in [1.54, 1.807) is 31.2 Å². The van der Waals surface area contributed by atoms with Crippen molar-refractivity contribution in [3.8, 4) is 5.75 Å². The highest BCUT2D eigenvalue weighted by Crippen LogP contribution is 2.32. The Hall–Kier alpha value is -3.09. The predicted octanol–water partition coefficient (Wildman–Crippen LogP) is 4.10. The first-order chi connectivity index (χ1) is 14.8. The maximum atomic E-state index is 12.5. The minimum absolute atomic E-state index is 0.0378. The zero-order valence-electron chi connectivity index (χ0n) is 17.4. The minimum Gasteiger partial charge on any atom is -0.488 e. The van der Waals surface area contributed by atoms with Gasteiger partial charge in [-0.15, -0.1) is 0 Å². The Bertz CT molecular complexity index is 1170. The van der Waals surface area contributed by atoms with Crippen LogP contribution in [0.4, 0.5) is 0 Å². The number of carbonyl (C=O) groups is 1. The van der Waals surface area contributed by atoms with Gasteiger partial charge in [0.15, 0.2) is 0 Å². The summed E-state index contributed by atoms with van der Waals surface area (Å²) in [7, 11) is 0. The van der Waals surface area contributed by atoms with Gasteiger partial charge in [0.2, 0.25) is 5.91 Å². The van der Waals surface area contributed by atoms with Crippen LogP contribution in [0.2, 0.25) is 5.02 Å². The fourth-order valence-corrected chi connectivity index (χ4v) is 3.35. The number of aryl methyl sites for hydroxylation is 1. The van der Waals surface area contributed by atoms with Crippen molar-refractivity contribution >= 4 is 28.5 Å². The summed E-state index contributed by atoms with van der Waals surface area (Å²) in [6.07, 6.45) is -1.01. The second-order valence-electron chi connectivity index (χ2n) is 7.42. The Morgan fingerprint density at radius 3 is 2.68 bits per heavy atom. The monoisotopic (exact) mass is 441 g/mol. The standard InChI is InChI=1S/C24H24ClNO5/c1-14(2)13-30-22-11-21-17(9-19(22)25)15(3)18(24(29)31-21)10-23(28)26-12-20(27)16-7-5-4-6-8-16/h4-9,11,20,27H,1,10,12-13H2,2-3H3,(H,26,28)/t20-/m1/s1. The fraction of sp³-hybridized carbons (Fsp3) is 0.250. The van der Waals surface area contributed by atoms with Crippen LogP contribution in [0.25, 0.3) is 11.0 Å². The van der Waals surface area contributed by atoms with Crippen LogP contribution < -0.4 is 15.7 Å². The van der Waals surface area contributed by atoms with Crippen LogP contribution in [-0.2, 0) is 11.2 Å². The molecule has 0 saturated heterocycles. The second-order valence-corrected chi connectivity index (χ2v) is 7.83. The van der Waals surface area contributed by atoms with Gasteiger partial charge in [-0.2, -0.15) is 0 Å². The largest absolute Gasteiger partial charge is 0.488 e. The first-order valence-electron chi connectivity index (χ1n) is 9.79. The minimum atomic E-state index is -0.837. The molecule has 1 heterocycles. The lowest BCUT2D eigenvalue weighted by molar-refractivity contribution is -0.120. The van der Waals surface area contributed by atoms with Gasteiger partial charge in [-0.3, -0.25) is 4.79 Å². The van der Waals surface area contributed by atoms with E-state index in [2.05, 4.69) is 11.9 Å². The van der Waals surface area contributed by atoms with Gasteiger partial charge in [-0.1, -0.05) is 48.5 Å². The lowest BCUT2D eigenvalue weighted by Crippen LogP contribution is -2.31. The van der Waals surface area contributed by atoms with E-state index < -0.39 is 17.6 Å². The molecule has 1 aromatic heterocycles. The smallest absolute Gasteiger partial charge is 0.340 e. The third-order valence-electron chi connectivity index (χ3n) is 4.83. The highest BCUT2D eigenvalue weighted by Gasteiger charge is 2.18. The Labute approximate surface area is 185 Å². The number of benzene rings is 2. The number of hydrogen-bond donors (Lipinski definition) is 2. The van der Waals surface area contributed by atoms with E-state index in [4.69, 9.17) is 20.8 Å². The highest BCUT2D eigenvalue weighted by atomic mass is 35.5. The molecule has 0 radical (unpaired) electrons. The number of carbonyl (C=O) groups excluding carboxylic acids is 1. The summed E-state index contributed by atoms with van der Waals surface area (Å²) in [5.74, 6) is -0.00245. The summed E-state index contributed by atoms with van der Waals surface area (Å²) in [6, 6.07) is 12.2. The summed E-state index contributed by atoms with van der Waals surface area (Å²) in [4.78, 5) is 24.9. The molecule has 6 nitrogen and oxygen atoms in total. The number of aliphatic hydroxyl groups is 1. The number of fused-ring (bicyclic) bond motifs is 1. The summed E-state index contributed by atoms with van der Waals surface area (Å²) >= 11 is 6.32. The summed E-state index contributed by atoms with van der Waals surface area (Å²) in [6.45, 7) is 7.68. The Morgan fingerprint density at radius 2 is 2.00 bits per heavy atom. The maximum absolute atomic E-state index is 12.5. The van der Waals surface area contributed by atoms with Crippen molar-refractivity contribution < 1.29 is 19.1 Å². The number of rotatable bonds is 8. The van der Waals surface area contributed by atoms with Gasteiger partial charge in [-0.05, 0) is 36.6 Å². The number of nitrogens with one attached hydrogen (secondary N) is 1. The Morgan fingerprint density at radius 1 is 1.29 bits per heavy atom. The third kappa shape index (κ3) is 5.54. The quantitative estimate of drug-likeness (QED) is 0.406. The normalized spacial score (nSPS) is 11.9. The van der Waals surface area contributed by atoms with Crippen LogP contribution in [0.3, 0.4) is 0 Å². The van der Waals surface area contributed by atoms with E-state index in [-0.39, 0.29) is 18.5 Å². The van der Waals surface area contributed by atoms with Crippen LogP contribution in [0.15, 0.2) is 63.8 Å². The van der Waals surface area contributed by atoms with E-state index in [1.807, 2.05) is 25.1 Å².